The monoisotopic (exact) mass is 157 g/mol. The lowest BCUT2D eigenvalue weighted by Crippen LogP contribution is -2.26. The van der Waals surface area contributed by atoms with Crippen molar-refractivity contribution in [2.45, 2.75) is 6.92 Å². The van der Waals surface area contributed by atoms with Crippen LogP contribution in [0.3, 0.4) is 0 Å². The van der Waals surface area contributed by atoms with Crippen molar-refractivity contribution in [2.75, 3.05) is 13.6 Å². The molecule has 6 heteroatoms. The Morgan fingerprint density at radius 1 is 1.64 bits per heavy atom. The van der Waals surface area contributed by atoms with Crippen molar-refractivity contribution in [1.29, 1.82) is 0 Å². The number of nitrogens with one attached hydrogen (secondary N) is 1. The SMILES string of the molecule is CN=C(CNC(C)=O)N=NN. The summed E-state index contributed by atoms with van der Waals surface area (Å²) in [6.45, 7) is 1.67. The standard InChI is InChI=1S/C5H11N5O/c1-4(11)8-3-5(7-2)9-10-6/h3H2,1-2H3,(H,8,11)(H2,6,7,9). The summed E-state index contributed by atoms with van der Waals surface area (Å²) in [5.74, 6) is 5.03. The maximum absolute atomic E-state index is 10.4. The molecule has 0 atom stereocenters. The normalized spacial score (nSPS) is 12.0. The minimum Gasteiger partial charge on any atom is -0.349 e. The Bertz CT molecular complexity index is 185. The van der Waals surface area contributed by atoms with E-state index in [2.05, 4.69) is 20.6 Å². The summed E-state index contributed by atoms with van der Waals surface area (Å²) in [6.07, 6.45) is 0. The molecule has 0 heterocycles. The van der Waals surface area contributed by atoms with Crippen molar-refractivity contribution >= 4 is 11.7 Å². The lowest BCUT2D eigenvalue weighted by molar-refractivity contribution is -0.118. The van der Waals surface area contributed by atoms with Crippen LogP contribution in [0.4, 0.5) is 0 Å². The first kappa shape index (κ1) is 9.54. The van der Waals surface area contributed by atoms with Gasteiger partial charge in [0.05, 0.1) is 6.54 Å². The van der Waals surface area contributed by atoms with Crippen LogP contribution >= 0.6 is 0 Å². The molecule has 0 rings (SSSR count). The van der Waals surface area contributed by atoms with Crippen LogP contribution in [0, 0.1) is 0 Å². The largest absolute Gasteiger partial charge is 0.349 e. The number of nitrogens with zero attached hydrogens (tertiary/aromatic N) is 3. The van der Waals surface area contributed by atoms with Gasteiger partial charge in [-0.15, -0.1) is 5.11 Å². The number of aliphatic imine (C=N–C) groups is 1. The highest BCUT2D eigenvalue weighted by atomic mass is 16.1. The number of carbonyl (C=O) groups excluding carboxylic acids is 1. The molecule has 0 unspecified atom stereocenters. The molecule has 0 radical (unpaired) electrons. The molecule has 0 aliphatic carbocycles. The number of amides is 1. The van der Waals surface area contributed by atoms with E-state index in [0.29, 0.717) is 5.84 Å². The van der Waals surface area contributed by atoms with E-state index >= 15 is 0 Å². The zero-order chi connectivity index (χ0) is 8.69. The number of hydrogen-bond acceptors (Lipinski definition) is 3. The third-order valence-corrected chi connectivity index (χ3v) is 0.927. The van der Waals surface area contributed by atoms with Crippen molar-refractivity contribution in [3.63, 3.8) is 0 Å². The summed E-state index contributed by atoms with van der Waals surface area (Å²) in [6, 6.07) is 0. The van der Waals surface area contributed by atoms with Crippen LogP contribution in [-0.2, 0) is 4.79 Å². The first-order valence-electron chi connectivity index (χ1n) is 3.01. The Hall–Kier alpha value is -1.46. The van der Waals surface area contributed by atoms with Gasteiger partial charge in [-0.05, 0) is 0 Å². The Morgan fingerprint density at radius 3 is 2.64 bits per heavy atom. The molecule has 0 saturated heterocycles. The molecule has 0 aromatic carbocycles. The maximum atomic E-state index is 10.4. The second kappa shape index (κ2) is 5.33. The molecule has 62 valence electrons. The first-order valence-corrected chi connectivity index (χ1v) is 3.01. The molecule has 11 heavy (non-hydrogen) atoms. The Kier molecular flexibility index (Phi) is 4.63. The minimum absolute atomic E-state index is 0.140. The van der Waals surface area contributed by atoms with Crippen molar-refractivity contribution in [3.8, 4) is 0 Å². The average Bonchev–Trinajstić information content (AvgIpc) is 1.97. The zero-order valence-corrected chi connectivity index (χ0v) is 6.53. The molecule has 0 aliphatic heterocycles. The first-order chi connectivity index (χ1) is 5.20. The molecule has 0 saturated carbocycles. The number of carbonyl (C=O) groups is 1. The average molecular weight is 157 g/mol. The molecular formula is C5H11N5O. The van der Waals surface area contributed by atoms with Crippen molar-refractivity contribution < 1.29 is 4.79 Å². The van der Waals surface area contributed by atoms with E-state index in [0.717, 1.165) is 0 Å². The molecule has 0 bridgehead atoms. The van der Waals surface area contributed by atoms with Gasteiger partial charge in [0.2, 0.25) is 5.91 Å². The number of hydrogen-bond donors (Lipinski definition) is 2. The van der Waals surface area contributed by atoms with Gasteiger partial charge < -0.3 is 11.2 Å². The number of nitrogens with two attached hydrogens (primary N) is 1. The van der Waals surface area contributed by atoms with E-state index < -0.39 is 0 Å². The fourth-order valence-corrected chi connectivity index (χ4v) is 0.429. The lowest BCUT2D eigenvalue weighted by Gasteiger charge is -1.97. The fraction of sp³-hybridized carbons (Fsp3) is 0.600. The molecule has 0 aliphatic rings. The highest BCUT2D eigenvalue weighted by molar-refractivity contribution is 5.87. The fourth-order valence-electron chi connectivity index (χ4n) is 0.429. The van der Waals surface area contributed by atoms with Crippen LogP contribution in [-0.4, -0.2) is 25.3 Å². The summed E-state index contributed by atoms with van der Waals surface area (Å²) in [5, 5.41) is 8.98. The molecular weight excluding hydrogens is 146 g/mol. The molecule has 0 aromatic heterocycles. The van der Waals surface area contributed by atoms with Crippen LogP contribution < -0.4 is 11.2 Å². The number of rotatable bonds is 2. The molecule has 3 N–H and O–H groups in total. The predicted octanol–water partition coefficient (Wildman–Crippen LogP) is -0.523. The maximum Gasteiger partial charge on any atom is 0.217 e. The second-order valence-electron chi connectivity index (χ2n) is 1.77. The smallest absolute Gasteiger partial charge is 0.217 e. The quantitative estimate of drug-likeness (QED) is 0.185. The third kappa shape index (κ3) is 5.01. The highest BCUT2D eigenvalue weighted by Crippen LogP contribution is 1.78. The lowest BCUT2D eigenvalue weighted by atomic mass is 10.5. The summed E-state index contributed by atoms with van der Waals surface area (Å²) in [4.78, 5) is 14.1. The minimum atomic E-state index is -0.140. The van der Waals surface area contributed by atoms with E-state index in [1.165, 1.54) is 6.92 Å². The van der Waals surface area contributed by atoms with Crippen molar-refractivity contribution in [1.82, 2.24) is 5.32 Å². The van der Waals surface area contributed by atoms with Gasteiger partial charge in [-0.3, -0.25) is 9.79 Å². The number of amidine groups is 1. The molecule has 0 fully saturated rings. The van der Waals surface area contributed by atoms with E-state index in [1.807, 2.05) is 0 Å². The van der Waals surface area contributed by atoms with Crippen molar-refractivity contribution in [2.24, 2.45) is 21.2 Å². The van der Waals surface area contributed by atoms with Crippen LogP contribution in [0.1, 0.15) is 6.92 Å². The van der Waals surface area contributed by atoms with Gasteiger partial charge >= 0.3 is 0 Å². The second-order valence-corrected chi connectivity index (χ2v) is 1.77. The third-order valence-electron chi connectivity index (χ3n) is 0.927. The van der Waals surface area contributed by atoms with Crippen LogP contribution in [0.25, 0.3) is 0 Å². The molecule has 0 spiro atoms. The van der Waals surface area contributed by atoms with Gasteiger partial charge in [-0.25, -0.2) is 0 Å². The van der Waals surface area contributed by atoms with Gasteiger partial charge in [0.25, 0.3) is 0 Å². The van der Waals surface area contributed by atoms with Gasteiger partial charge in [0, 0.05) is 14.0 Å². The predicted molar refractivity (Wildman–Crippen MR) is 41.1 cm³/mol. The summed E-state index contributed by atoms with van der Waals surface area (Å²) in [7, 11) is 1.55. The Morgan fingerprint density at radius 2 is 2.27 bits per heavy atom. The Labute approximate surface area is 64.6 Å². The molecule has 0 aromatic rings. The van der Waals surface area contributed by atoms with Gasteiger partial charge in [-0.2, -0.15) is 0 Å². The zero-order valence-electron chi connectivity index (χ0n) is 6.53. The van der Waals surface area contributed by atoms with Crippen LogP contribution in [0.15, 0.2) is 15.3 Å². The highest BCUT2D eigenvalue weighted by Gasteiger charge is 1.95. The van der Waals surface area contributed by atoms with Gasteiger partial charge in [0.15, 0.2) is 5.84 Å². The van der Waals surface area contributed by atoms with E-state index in [4.69, 9.17) is 5.84 Å². The van der Waals surface area contributed by atoms with E-state index in [9.17, 15) is 4.79 Å². The van der Waals surface area contributed by atoms with Gasteiger partial charge in [-0.1, -0.05) is 5.22 Å². The van der Waals surface area contributed by atoms with Crippen LogP contribution in [0.2, 0.25) is 0 Å². The summed E-state index contributed by atoms with van der Waals surface area (Å²) >= 11 is 0. The van der Waals surface area contributed by atoms with Crippen LogP contribution in [0.5, 0.6) is 0 Å². The Balaban J connectivity index is 3.81. The molecule has 6 nitrogen and oxygen atoms in total. The van der Waals surface area contributed by atoms with Crippen molar-refractivity contribution in [3.05, 3.63) is 0 Å². The summed E-state index contributed by atoms with van der Waals surface area (Å²) < 4.78 is 0. The van der Waals surface area contributed by atoms with Gasteiger partial charge in [0.1, 0.15) is 0 Å². The van der Waals surface area contributed by atoms with E-state index in [1.54, 1.807) is 7.05 Å². The summed E-state index contributed by atoms with van der Waals surface area (Å²) in [5.41, 5.74) is 0. The van der Waals surface area contributed by atoms with E-state index in [-0.39, 0.29) is 12.5 Å². The molecule has 1 amide bonds. The topological polar surface area (TPSA) is 92.2 Å².